The molecule has 3 rings (SSSR count). The molecule has 5 nitrogen and oxygen atoms in total. The Kier molecular flexibility index (Phi) is 3.53. The molecule has 2 aliphatic rings. The van der Waals surface area contributed by atoms with Crippen LogP contribution in [0.4, 0.5) is 0 Å². The molecular formula is C15H19NO4. The van der Waals surface area contributed by atoms with E-state index in [1.54, 1.807) is 0 Å². The molecule has 1 aromatic rings. The van der Waals surface area contributed by atoms with Crippen LogP contribution in [0.15, 0.2) is 24.3 Å². The van der Waals surface area contributed by atoms with Gasteiger partial charge in [-0.3, -0.25) is 9.69 Å². The summed E-state index contributed by atoms with van der Waals surface area (Å²) in [5.41, 5.74) is 0. The summed E-state index contributed by atoms with van der Waals surface area (Å²) >= 11 is 0. The van der Waals surface area contributed by atoms with Gasteiger partial charge in [0.2, 0.25) is 0 Å². The highest BCUT2D eigenvalue weighted by atomic mass is 16.6. The molecule has 1 saturated heterocycles. The Labute approximate surface area is 118 Å². The van der Waals surface area contributed by atoms with Crippen LogP contribution >= 0.6 is 0 Å². The minimum atomic E-state index is -0.703. The van der Waals surface area contributed by atoms with E-state index in [0.717, 1.165) is 18.0 Å². The number of fused-ring (bicyclic) bond motifs is 1. The molecule has 108 valence electrons. The number of rotatable bonds is 3. The third-order valence-electron chi connectivity index (χ3n) is 4.03. The van der Waals surface area contributed by atoms with E-state index in [9.17, 15) is 4.79 Å². The molecule has 0 aliphatic carbocycles. The fourth-order valence-corrected chi connectivity index (χ4v) is 2.98. The number of para-hydroxylation sites is 2. The van der Waals surface area contributed by atoms with Crippen molar-refractivity contribution in [2.45, 2.75) is 13.0 Å². The third-order valence-corrected chi connectivity index (χ3v) is 4.03. The van der Waals surface area contributed by atoms with Crippen molar-refractivity contribution < 1.29 is 19.4 Å². The zero-order valence-corrected chi connectivity index (χ0v) is 11.5. The number of carbonyl (C=O) groups is 1. The van der Waals surface area contributed by atoms with Crippen molar-refractivity contribution >= 4 is 5.97 Å². The van der Waals surface area contributed by atoms with E-state index in [2.05, 4.69) is 4.90 Å². The SMILES string of the molecule is CC1CN(CC2COc3ccccc3O2)CC1C(=O)O. The molecule has 0 spiro atoms. The van der Waals surface area contributed by atoms with Crippen LogP contribution in [-0.2, 0) is 4.79 Å². The molecule has 0 aromatic heterocycles. The number of ether oxygens (including phenoxy) is 2. The molecule has 1 aromatic carbocycles. The molecule has 1 fully saturated rings. The van der Waals surface area contributed by atoms with Gasteiger partial charge in [-0.2, -0.15) is 0 Å². The first kappa shape index (κ1) is 13.2. The lowest BCUT2D eigenvalue weighted by molar-refractivity contribution is -0.142. The van der Waals surface area contributed by atoms with Crippen LogP contribution in [0.25, 0.3) is 0 Å². The first-order valence-electron chi connectivity index (χ1n) is 6.97. The maximum Gasteiger partial charge on any atom is 0.308 e. The average molecular weight is 277 g/mol. The van der Waals surface area contributed by atoms with Crippen LogP contribution in [0.1, 0.15) is 6.92 Å². The molecule has 0 bridgehead atoms. The van der Waals surface area contributed by atoms with E-state index in [1.165, 1.54) is 0 Å². The lowest BCUT2D eigenvalue weighted by Crippen LogP contribution is -2.40. The minimum Gasteiger partial charge on any atom is -0.486 e. The van der Waals surface area contributed by atoms with Gasteiger partial charge in [0.25, 0.3) is 0 Å². The maximum atomic E-state index is 11.1. The standard InChI is InChI=1S/C15H19NO4/c1-10-6-16(8-12(10)15(17)18)7-11-9-19-13-4-2-3-5-14(13)20-11/h2-5,10-12H,6-9H2,1H3,(H,17,18). The van der Waals surface area contributed by atoms with Gasteiger partial charge in [0.15, 0.2) is 11.5 Å². The van der Waals surface area contributed by atoms with Gasteiger partial charge in [0.1, 0.15) is 12.7 Å². The summed E-state index contributed by atoms with van der Waals surface area (Å²) in [6.45, 7) is 4.62. The lowest BCUT2D eigenvalue weighted by atomic mass is 9.99. The van der Waals surface area contributed by atoms with Gasteiger partial charge >= 0.3 is 5.97 Å². The minimum absolute atomic E-state index is 0.0374. The Morgan fingerprint density at radius 3 is 2.80 bits per heavy atom. The van der Waals surface area contributed by atoms with Crippen molar-refractivity contribution in [2.24, 2.45) is 11.8 Å². The lowest BCUT2D eigenvalue weighted by Gasteiger charge is -2.29. The van der Waals surface area contributed by atoms with E-state index in [-0.39, 0.29) is 17.9 Å². The van der Waals surface area contributed by atoms with Crippen LogP contribution in [-0.4, -0.2) is 48.3 Å². The van der Waals surface area contributed by atoms with E-state index < -0.39 is 5.97 Å². The second-order valence-electron chi connectivity index (χ2n) is 5.64. The number of aliphatic carboxylic acids is 1. The number of carboxylic acid groups (broad SMARTS) is 1. The van der Waals surface area contributed by atoms with Crippen LogP contribution < -0.4 is 9.47 Å². The van der Waals surface area contributed by atoms with E-state index in [0.29, 0.717) is 19.7 Å². The van der Waals surface area contributed by atoms with Crippen molar-refractivity contribution in [1.82, 2.24) is 4.90 Å². The molecule has 2 aliphatic heterocycles. The number of carboxylic acids is 1. The molecule has 0 saturated carbocycles. The van der Waals surface area contributed by atoms with Gasteiger partial charge in [-0.25, -0.2) is 0 Å². The van der Waals surface area contributed by atoms with Crippen LogP contribution in [0.5, 0.6) is 11.5 Å². The molecule has 5 heteroatoms. The molecule has 1 N–H and O–H groups in total. The molecule has 0 radical (unpaired) electrons. The van der Waals surface area contributed by atoms with Crippen molar-refractivity contribution in [3.05, 3.63) is 24.3 Å². The van der Waals surface area contributed by atoms with Crippen LogP contribution in [0, 0.1) is 11.8 Å². The van der Waals surface area contributed by atoms with Gasteiger partial charge < -0.3 is 14.6 Å². The summed E-state index contributed by atoms with van der Waals surface area (Å²) in [7, 11) is 0. The molecule has 20 heavy (non-hydrogen) atoms. The highest BCUT2D eigenvalue weighted by Gasteiger charge is 2.36. The predicted molar refractivity (Wildman–Crippen MR) is 73.1 cm³/mol. The second-order valence-corrected chi connectivity index (χ2v) is 5.64. The Hall–Kier alpha value is -1.75. The zero-order valence-electron chi connectivity index (χ0n) is 11.5. The first-order valence-corrected chi connectivity index (χ1v) is 6.97. The smallest absolute Gasteiger partial charge is 0.308 e. The third kappa shape index (κ3) is 2.58. The second kappa shape index (κ2) is 5.32. The monoisotopic (exact) mass is 277 g/mol. The van der Waals surface area contributed by atoms with Crippen LogP contribution in [0.2, 0.25) is 0 Å². The number of benzene rings is 1. The van der Waals surface area contributed by atoms with Crippen molar-refractivity contribution in [1.29, 1.82) is 0 Å². The van der Waals surface area contributed by atoms with Crippen molar-refractivity contribution in [3.8, 4) is 11.5 Å². The first-order chi connectivity index (χ1) is 9.63. The summed E-state index contributed by atoms with van der Waals surface area (Å²) in [6, 6.07) is 7.63. The Morgan fingerprint density at radius 2 is 2.10 bits per heavy atom. The van der Waals surface area contributed by atoms with Crippen molar-refractivity contribution in [2.75, 3.05) is 26.2 Å². The topological polar surface area (TPSA) is 59.0 Å². The summed E-state index contributed by atoms with van der Waals surface area (Å²) in [5, 5.41) is 9.15. The average Bonchev–Trinajstić information content (AvgIpc) is 2.79. The van der Waals surface area contributed by atoms with E-state index in [1.807, 2.05) is 31.2 Å². The molecule has 3 unspecified atom stereocenters. The number of likely N-dealkylation sites (tertiary alicyclic amines) is 1. The molecule has 0 amide bonds. The fraction of sp³-hybridized carbons (Fsp3) is 0.533. The van der Waals surface area contributed by atoms with E-state index >= 15 is 0 Å². The molecule has 3 atom stereocenters. The largest absolute Gasteiger partial charge is 0.486 e. The van der Waals surface area contributed by atoms with Crippen LogP contribution in [0.3, 0.4) is 0 Å². The highest BCUT2D eigenvalue weighted by molar-refractivity contribution is 5.71. The fourth-order valence-electron chi connectivity index (χ4n) is 2.98. The maximum absolute atomic E-state index is 11.1. The highest BCUT2D eigenvalue weighted by Crippen LogP contribution is 2.32. The Balaban J connectivity index is 1.59. The van der Waals surface area contributed by atoms with Gasteiger partial charge in [0.05, 0.1) is 5.92 Å². The number of nitrogens with zero attached hydrogens (tertiary/aromatic N) is 1. The predicted octanol–water partition coefficient (Wildman–Crippen LogP) is 1.48. The summed E-state index contributed by atoms with van der Waals surface area (Å²) in [4.78, 5) is 13.3. The Morgan fingerprint density at radius 1 is 1.35 bits per heavy atom. The van der Waals surface area contributed by atoms with Gasteiger partial charge in [-0.15, -0.1) is 0 Å². The number of hydrogen-bond acceptors (Lipinski definition) is 4. The molecular weight excluding hydrogens is 258 g/mol. The zero-order chi connectivity index (χ0) is 14.1. The quantitative estimate of drug-likeness (QED) is 0.907. The Bertz CT molecular complexity index is 504. The summed E-state index contributed by atoms with van der Waals surface area (Å²) in [5.74, 6) is 0.759. The number of hydrogen-bond donors (Lipinski definition) is 1. The van der Waals surface area contributed by atoms with Gasteiger partial charge in [0, 0.05) is 19.6 Å². The summed E-state index contributed by atoms with van der Waals surface area (Å²) < 4.78 is 11.6. The summed E-state index contributed by atoms with van der Waals surface area (Å²) in [6.07, 6.45) is -0.0374. The van der Waals surface area contributed by atoms with Crippen molar-refractivity contribution in [3.63, 3.8) is 0 Å². The van der Waals surface area contributed by atoms with Gasteiger partial charge in [-0.1, -0.05) is 19.1 Å². The normalized spacial score (nSPS) is 29.4. The molecule has 2 heterocycles. The van der Waals surface area contributed by atoms with Gasteiger partial charge in [-0.05, 0) is 18.1 Å². The van der Waals surface area contributed by atoms with E-state index in [4.69, 9.17) is 14.6 Å².